The summed E-state index contributed by atoms with van der Waals surface area (Å²) in [6, 6.07) is 9.41. The number of anilines is 1. The third-order valence-electron chi connectivity index (χ3n) is 3.32. The average molecular weight is 391 g/mol. The zero-order valence-electron chi connectivity index (χ0n) is 13.2. The van der Waals surface area contributed by atoms with Crippen LogP contribution < -0.4 is 15.5 Å². The topological polar surface area (TPSA) is 81.4 Å². The van der Waals surface area contributed by atoms with Crippen LogP contribution in [0.5, 0.6) is 5.75 Å². The molecule has 0 atom stereocenters. The molecule has 0 radical (unpaired) electrons. The fourth-order valence-electron chi connectivity index (χ4n) is 2.04. The van der Waals surface area contributed by atoms with Crippen LogP contribution in [0.25, 0.3) is 0 Å². The minimum atomic E-state index is -0.564. The zero-order valence-corrected chi connectivity index (χ0v) is 14.8. The largest absolute Gasteiger partial charge is 0.482 e. The standard InChI is InChI=1S/C18H12Cl2N2O4/c19-13-4-3-11(6-14(13)20)9-25-17-10-26-16(7-15(17)23)18(24)22-12-2-1-5-21-8-12/h1-8,10H,9H2,(H,22,24). The van der Waals surface area contributed by atoms with E-state index >= 15 is 0 Å². The van der Waals surface area contributed by atoms with E-state index < -0.39 is 11.3 Å². The maximum Gasteiger partial charge on any atom is 0.291 e. The zero-order chi connectivity index (χ0) is 18.5. The Hall–Kier alpha value is -2.83. The van der Waals surface area contributed by atoms with E-state index in [1.54, 1.807) is 36.5 Å². The normalized spacial score (nSPS) is 10.4. The van der Waals surface area contributed by atoms with Gasteiger partial charge in [0.05, 0.1) is 21.9 Å². The second-order valence-corrected chi connectivity index (χ2v) is 6.02. The van der Waals surface area contributed by atoms with Gasteiger partial charge in [0.15, 0.2) is 5.76 Å². The number of carbonyl (C=O) groups is 1. The van der Waals surface area contributed by atoms with E-state index in [0.29, 0.717) is 15.7 Å². The number of pyridine rings is 1. The summed E-state index contributed by atoms with van der Waals surface area (Å²) < 4.78 is 10.6. The molecule has 132 valence electrons. The Morgan fingerprint density at radius 1 is 1.19 bits per heavy atom. The molecule has 0 saturated heterocycles. The number of rotatable bonds is 5. The van der Waals surface area contributed by atoms with Crippen molar-refractivity contribution in [2.24, 2.45) is 0 Å². The third-order valence-corrected chi connectivity index (χ3v) is 4.06. The SMILES string of the molecule is O=C(Nc1cccnc1)c1cc(=O)c(OCc2ccc(Cl)c(Cl)c2)co1. The molecular formula is C18H12Cl2N2O4. The number of halogens is 2. The predicted molar refractivity (Wildman–Crippen MR) is 98.0 cm³/mol. The lowest BCUT2D eigenvalue weighted by molar-refractivity contribution is 0.0993. The van der Waals surface area contributed by atoms with Crippen LogP contribution in [0.3, 0.4) is 0 Å². The first-order chi connectivity index (χ1) is 12.5. The van der Waals surface area contributed by atoms with Gasteiger partial charge in [0, 0.05) is 12.3 Å². The Bertz CT molecular complexity index is 990. The summed E-state index contributed by atoms with van der Waals surface area (Å²) in [6.45, 7) is 0.100. The van der Waals surface area contributed by atoms with Crippen LogP contribution in [0.2, 0.25) is 10.0 Å². The van der Waals surface area contributed by atoms with Gasteiger partial charge in [-0.15, -0.1) is 0 Å². The summed E-state index contributed by atoms with van der Waals surface area (Å²) in [5.41, 5.74) is 0.741. The number of carbonyl (C=O) groups excluding carboxylic acids is 1. The van der Waals surface area contributed by atoms with E-state index in [9.17, 15) is 9.59 Å². The number of benzene rings is 1. The van der Waals surface area contributed by atoms with Crippen LogP contribution in [0, 0.1) is 0 Å². The lowest BCUT2D eigenvalue weighted by atomic mass is 10.2. The molecule has 0 spiro atoms. The maximum atomic E-state index is 12.1. The molecule has 3 rings (SSSR count). The van der Waals surface area contributed by atoms with Gasteiger partial charge in [-0.05, 0) is 29.8 Å². The molecule has 6 nitrogen and oxygen atoms in total. The molecule has 0 aliphatic rings. The lowest BCUT2D eigenvalue weighted by Gasteiger charge is -2.07. The van der Waals surface area contributed by atoms with E-state index in [-0.39, 0.29) is 18.1 Å². The van der Waals surface area contributed by atoms with Crippen molar-refractivity contribution >= 4 is 34.8 Å². The lowest BCUT2D eigenvalue weighted by Crippen LogP contribution is -2.15. The highest BCUT2D eigenvalue weighted by Gasteiger charge is 2.13. The molecule has 1 amide bonds. The van der Waals surface area contributed by atoms with E-state index in [1.807, 2.05) is 0 Å². The monoisotopic (exact) mass is 390 g/mol. The number of nitrogens with one attached hydrogen (secondary N) is 1. The summed E-state index contributed by atoms with van der Waals surface area (Å²) >= 11 is 11.8. The smallest absolute Gasteiger partial charge is 0.291 e. The van der Waals surface area contributed by atoms with E-state index in [2.05, 4.69) is 10.3 Å². The van der Waals surface area contributed by atoms with Gasteiger partial charge < -0.3 is 14.5 Å². The van der Waals surface area contributed by atoms with Gasteiger partial charge in [-0.25, -0.2) is 0 Å². The molecule has 2 heterocycles. The minimum Gasteiger partial charge on any atom is -0.482 e. The highest BCUT2D eigenvalue weighted by Crippen LogP contribution is 2.23. The summed E-state index contributed by atoms with van der Waals surface area (Å²) in [6.07, 6.45) is 4.15. The van der Waals surface area contributed by atoms with Gasteiger partial charge in [-0.1, -0.05) is 29.3 Å². The molecule has 2 aromatic heterocycles. The minimum absolute atomic E-state index is 0.0194. The van der Waals surface area contributed by atoms with Crippen LogP contribution in [0.15, 0.2) is 64.3 Å². The van der Waals surface area contributed by atoms with Crippen molar-refractivity contribution in [1.82, 2.24) is 4.98 Å². The van der Waals surface area contributed by atoms with Crippen LogP contribution in [-0.4, -0.2) is 10.9 Å². The van der Waals surface area contributed by atoms with Gasteiger partial charge in [-0.3, -0.25) is 14.6 Å². The fraction of sp³-hybridized carbons (Fsp3) is 0.0556. The number of ether oxygens (including phenoxy) is 1. The first kappa shape index (κ1) is 18.0. The summed E-state index contributed by atoms with van der Waals surface area (Å²) in [7, 11) is 0. The van der Waals surface area contributed by atoms with E-state index in [0.717, 1.165) is 17.9 Å². The molecule has 1 aromatic carbocycles. The van der Waals surface area contributed by atoms with Crippen LogP contribution in [0.4, 0.5) is 5.69 Å². The predicted octanol–water partition coefficient (Wildman–Crippen LogP) is 4.17. The first-order valence-corrected chi connectivity index (χ1v) is 8.19. The second kappa shape index (κ2) is 8.03. The average Bonchev–Trinajstić information content (AvgIpc) is 2.64. The molecular weight excluding hydrogens is 379 g/mol. The molecule has 26 heavy (non-hydrogen) atoms. The number of hydrogen-bond donors (Lipinski definition) is 1. The molecule has 0 aliphatic carbocycles. The molecule has 3 aromatic rings. The second-order valence-electron chi connectivity index (χ2n) is 5.21. The van der Waals surface area contributed by atoms with Crippen LogP contribution in [0.1, 0.15) is 16.1 Å². The Kier molecular flexibility index (Phi) is 5.55. The van der Waals surface area contributed by atoms with Crippen molar-refractivity contribution in [2.45, 2.75) is 6.61 Å². The van der Waals surface area contributed by atoms with Crippen molar-refractivity contribution in [3.63, 3.8) is 0 Å². The number of amides is 1. The molecule has 0 fully saturated rings. The van der Waals surface area contributed by atoms with Crippen molar-refractivity contribution < 1.29 is 13.9 Å². The number of hydrogen-bond acceptors (Lipinski definition) is 5. The highest BCUT2D eigenvalue weighted by atomic mass is 35.5. The first-order valence-electron chi connectivity index (χ1n) is 7.44. The molecule has 0 aliphatic heterocycles. The van der Waals surface area contributed by atoms with Gasteiger partial charge in [-0.2, -0.15) is 0 Å². The molecule has 0 bridgehead atoms. The number of nitrogens with zero attached hydrogens (tertiary/aromatic N) is 1. The Morgan fingerprint density at radius 3 is 2.73 bits per heavy atom. The van der Waals surface area contributed by atoms with Crippen LogP contribution in [-0.2, 0) is 6.61 Å². The Balaban J connectivity index is 1.68. The molecule has 0 saturated carbocycles. The Labute approximate surface area is 158 Å². The van der Waals surface area contributed by atoms with Crippen LogP contribution >= 0.6 is 23.2 Å². The fourth-order valence-corrected chi connectivity index (χ4v) is 2.36. The van der Waals surface area contributed by atoms with Crippen molar-refractivity contribution in [2.75, 3.05) is 5.32 Å². The highest BCUT2D eigenvalue weighted by molar-refractivity contribution is 6.42. The van der Waals surface area contributed by atoms with Gasteiger partial charge in [0.1, 0.15) is 12.9 Å². The van der Waals surface area contributed by atoms with E-state index in [1.165, 1.54) is 6.20 Å². The van der Waals surface area contributed by atoms with Crippen molar-refractivity contribution in [3.8, 4) is 5.75 Å². The maximum absolute atomic E-state index is 12.1. The summed E-state index contributed by atoms with van der Waals surface area (Å²) in [5, 5.41) is 3.39. The van der Waals surface area contributed by atoms with Crippen molar-refractivity contribution in [1.29, 1.82) is 0 Å². The van der Waals surface area contributed by atoms with Gasteiger partial charge in [0.25, 0.3) is 5.91 Å². The molecule has 8 heteroatoms. The third kappa shape index (κ3) is 4.41. The van der Waals surface area contributed by atoms with Crippen molar-refractivity contribution in [3.05, 3.63) is 86.6 Å². The molecule has 1 N–H and O–H groups in total. The quantitative estimate of drug-likeness (QED) is 0.706. The Morgan fingerprint density at radius 2 is 2.04 bits per heavy atom. The molecule has 0 unspecified atom stereocenters. The summed E-state index contributed by atoms with van der Waals surface area (Å²) in [5.74, 6) is -0.721. The van der Waals surface area contributed by atoms with E-state index in [4.69, 9.17) is 32.4 Å². The van der Waals surface area contributed by atoms with Gasteiger partial charge >= 0.3 is 0 Å². The summed E-state index contributed by atoms with van der Waals surface area (Å²) in [4.78, 5) is 28.1. The van der Waals surface area contributed by atoms with Gasteiger partial charge in [0.2, 0.25) is 11.2 Å². The number of aromatic nitrogens is 1.